The molecule has 0 atom stereocenters. The molecule has 0 aliphatic heterocycles. The van der Waals surface area contributed by atoms with Gasteiger partial charge in [-0.05, 0) is 56.2 Å². The van der Waals surface area contributed by atoms with Gasteiger partial charge in [-0.3, -0.25) is 0 Å². The summed E-state index contributed by atoms with van der Waals surface area (Å²) in [6.07, 6.45) is 0. The van der Waals surface area contributed by atoms with E-state index in [2.05, 4.69) is 38.1 Å². The SMILES string of the molecule is CCOc1ccc(-c2nc(-c3cccc(CN)c3)sc2C)cc1C. The zero-order chi connectivity index (χ0) is 17.1. The summed E-state index contributed by atoms with van der Waals surface area (Å²) in [4.78, 5) is 6.09. The Labute approximate surface area is 147 Å². The fraction of sp³-hybridized carbons (Fsp3) is 0.250. The van der Waals surface area contributed by atoms with Crippen molar-refractivity contribution >= 4 is 11.3 Å². The number of aryl methyl sites for hydroxylation is 2. The summed E-state index contributed by atoms with van der Waals surface area (Å²) < 4.78 is 5.63. The molecule has 0 unspecified atom stereocenters. The van der Waals surface area contributed by atoms with Gasteiger partial charge in [-0.25, -0.2) is 4.98 Å². The molecule has 0 aliphatic carbocycles. The van der Waals surface area contributed by atoms with Crippen LogP contribution < -0.4 is 10.5 Å². The Morgan fingerprint density at radius 1 is 1.08 bits per heavy atom. The Morgan fingerprint density at radius 3 is 2.62 bits per heavy atom. The molecular formula is C20H22N2OS. The molecule has 1 aromatic heterocycles. The summed E-state index contributed by atoms with van der Waals surface area (Å²) in [6, 6.07) is 14.5. The van der Waals surface area contributed by atoms with Gasteiger partial charge in [-0.15, -0.1) is 11.3 Å². The van der Waals surface area contributed by atoms with E-state index in [0.29, 0.717) is 13.2 Å². The lowest BCUT2D eigenvalue weighted by Crippen LogP contribution is -1.95. The van der Waals surface area contributed by atoms with Gasteiger partial charge in [0.15, 0.2) is 0 Å². The zero-order valence-corrected chi connectivity index (χ0v) is 15.1. The first-order valence-corrected chi connectivity index (χ1v) is 8.94. The van der Waals surface area contributed by atoms with Crippen molar-refractivity contribution in [1.29, 1.82) is 0 Å². The maximum absolute atomic E-state index is 5.75. The first kappa shape index (κ1) is 16.7. The van der Waals surface area contributed by atoms with Gasteiger partial charge in [0.25, 0.3) is 0 Å². The largest absolute Gasteiger partial charge is 0.494 e. The van der Waals surface area contributed by atoms with Gasteiger partial charge in [0, 0.05) is 22.5 Å². The van der Waals surface area contributed by atoms with Crippen LogP contribution in [0.25, 0.3) is 21.8 Å². The monoisotopic (exact) mass is 338 g/mol. The number of rotatable bonds is 5. The van der Waals surface area contributed by atoms with Crippen LogP contribution in [-0.2, 0) is 6.54 Å². The van der Waals surface area contributed by atoms with Crippen LogP contribution >= 0.6 is 11.3 Å². The van der Waals surface area contributed by atoms with E-state index >= 15 is 0 Å². The van der Waals surface area contributed by atoms with Crippen LogP contribution in [-0.4, -0.2) is 11.6 Å². The van der Waals surface area contributed by atoms with E-state index in [0.717, 1.165) is 38.7 Å². The maximum atomic E-state index is 5.75. The lowest BCUT2D eigenvalue weighted by Gasteiger charge is -2.08. The second-order valence-corrected chi connectivity index (χ2v) is 6.94. The van der Waals surface area contributed by atoms with Gasteiger partial charge in [0.2, 0.25) is 0 Å². The van der Waals surface area contributed by atoms with E-state index in [4.69, 9.17) is 15.5 Å². The van der Waals surface area contributed by atoms with Crippen molar-refractivity contribution < 1.29 is 4.74 Å². The highest BCUT2D eigenvalue weighted by atomic mass is 32.1. The molecule has 0 radical (unpaired) electrons. The lowest BCUT2D eigenvalue weighted by atomic mass is 10.1. The minimum Gasteiger partial charge on any atom is -0.494 e. The Hall–Kier alpha value is -2.17. The molecule has 0 bridgehead atoms. The predicted molar refractivity (Wildman–Crippen MR) is 102 cm³/mol. The van der Waals surface area contributed by atoms with Crippen molar-refractivity contribution in [1.82, 2.24) is 4.98 Å². The van der Waals surface area contributed by atoms with Crippen molar-refractivity contribution in [2.45, 2.75) is 27.3 Å². The van der Waals surface area contributed by atoms with Crippen LogP contribution in [0, 0.1) is 13.8 Å². The van der Waals surface area contributed by atoms with Crippen LogP contribution in [0.3, 0.4) is 0 Å². The van der Waals surface area contributed by atoms with Crippen LogP contribution in [0.4, 0.5) is 0 Å². The fourth-order valence-electron chi connectivity index (χ4n) is 2.73. The summed E-state index contributed by atoms with van der Waals surface area (Å²) in [7, 11) is 0. The van der Waals surface area contributed by atoms with E-state index in [9.17, 15) is 0 Å². The molecule has 0 amide bonds. The molecule has 4 heteroatoms. The van der Waals surface area contributed by atoms with Crippen molar-refractivity contribution in [3.8, 4) is 27.6 Å². The number of hydrogen-bond acceptors (Lipinski definition) is 4. The number of ether oxygens (including phenoxy) is 1. The minimum absolute atomic E-state index is 0.545. The Morgan fingerprint density at radius 2 is 1.92 bits per heavy atom. The molecule has 2 aromatic carbocycles. The van der Waals surface area contributed by atoms with Crippen molar-refractivity contribution in [2.75, 3.05) is 6.61 Å². The summed E-state index contributed by atoms with van der Waals surface area (Å²) in [5.74, 6) is 0.935. The molecule has 0 fully saturated rings. The zero-order valence-electron chi connectivity index (χ0n) is 14.3. The van der Waals surface area contributed by atoms with Crippen LogP contribution in [0.5, 0.6) is 5.75 Å². The van der Waals surface area contributed by atoms with Crippen LogP contribution in [0.15, 0.2) is 42.5 Å². The average Bonchev–Trinajstić information content (AvgIpc) is 2.99. The van der Waals surface area contributed by atoms with Gasteiger partial charge < -0.3 is 10.5 Å². The number of aromatic nitrogens is 1. The Balaban J connectivity index is 1.98. The van der Waals surface area contributed by atoms with Crippen LogP contribution in [0.2, 0.25) is 0 Å². The van der Waals surface area contributed by atoms with Gasteiger partial charge in [0.05, 0.1) is 12.3 Å². The highest BCUT2D eigenvalue weighted by Crippen LogP contribution is 2.35. The fourth-order valence-corrected chi connectivity index (χ4v) is 3.67. The third kappa shape index (κ3) is 3.35. The molecule has 0 saturated carbocycles. The molecule has 0 spiro atoms. The van der Waals surface area contributed by atoms with E-state index in [1.165, 1.54) is 4.88 Å². The smallest absolute Gasteiger partial charge is 0.124 e. The first-order chi connectivity index (χ1) is 11.6. The molecular weight excluding hydrogens is 316 g/mol. The summed E-state index contributed by atoms with van der Waals surface area (Å²) in [5.41, 5.74) is 11.3. The van der Waals surface area contributed by atoms with Crippen molar-refractivity contribution in [3.05, 3.63) is 58.5 Å². The Bertz CT molecular complexity index is 855. The van der Waals surface area contributed by atoms with E-state index in [1.54, 1.807) is 11.3 Å². The predicted octanol–water partition coefficient (Wildman–Crippen LogP) is 4.95. The lowest BCUT2D eigenvalue weighted by molar-refractivity contribution is 0.338. The first-order valence-electron chi connectivity index (χ1n) is 8.13. The molecule has 3 nitrogen and oxygen atoms in total. The van der Waals surface area contributed by atoms with Crippen molar-refractivity contribution in [3.63, 3.8) is 0 Å². The van der Waals surface area contributed by atoms with Crippen LogP contribution in [0.1, 0.15) is 22.9 Å². The third-order valence-corrected chi connectivity index (χ3v) is 4.97. The van der Waals surface area contributed by atoms with Gasteiger partial charge >= 0.3 is 0 Å². The number of nitrogens with zero attached hydrogens (tertiary/aromatic N) is 1. The molecule has 1 heterocycles. The Kier molecular flexibility index (Phi) is 4.97. The minimum atomic E-state index is 0.545. The van der Waals surface area contributed by atoms with E-state index in [1.807, 2.05) is 25.1 Å². The highest BCUT2D eigenvalue weighted by molar-refractivity contribution is 7.15. The molecule has 2 N–H and O–H groups in total. The summed E-state index contributed by atoms with van der Waals surface area (Å²) in [5, 5.41) is 1.03. The van der Waals surface area contributed by atoms with E-state index in [-0.39, 0.29) is 0 Å². The number of thiazole rings is 1. The molecule has 3 rings (SSSR count). The average molecular weight is 338 g/mol. The van der Waals surface area contributed by atoms with Gasteiger partial charge in [0.1, 0.15) is 10.8 Å². The number of hydrogen-bond donors (Lipinski definition) is 1. The van der Waals surface area contributed by atoms with Gasteiger partial charge in [-0.1, -0.05) is 18.2 Å². The molecule has 0 aliphatic rings. The number of nitrogens with two attached hydrogens (primary N) is 1. The second-order valence-electron chi connectivity index (χ2n) is 5.74. The second kappa shape index (κ2) is 7.16. The topological polar surface area (TPSA) is 48.1 Å². The van der Waals surface area contributed by atoms with Gasteiger partial charge in [-0.2, -0.15) is 0 Å². The standard InChI is InChI=1S/C20H22N2OS/c1-4-23-18-9-8-16(10-13(18)2)19-14(3)24-20(22-19)17-7-5-6-15(11-17)12-21/h5-11H,4,12,21H2,1-3H3. The summed E-state index contributed by atoms with van der Waals surface area (Å²) >= 11 is 1.72. The van der Waals surface area contributed by atoms with E-state index < -0.39 is 0 Å². The molecule has 124 valence electrons. The molecule has 3 aromatic rings. The third-order valence-electron chi connectivity index (χ3n) is 3.95. The van der Waals surface area contributed by atoms with Crippen molar-refractivity contribution in [2.24, 2.45) is 5.73 Å². The number of benzene rings is 2. The molecule has 0 saturated heterocycles. The highest BCUT2D eigenvalue weighted by Gasteiger charge is 2.13. The normalized spacial score (nSPS) is 10.8. The molecule has 24 heavy (non-hydrogen) atoms. The maximum Gasteiger partial charge on any atom is 0.124 e. The quantitative estimate of drug-likeness (QED) is 0.716. The summed E-state index contributed by atoms with van der Waals surface area (Å²) in [6.45, 7) is 7.41.